The molecule has 0 radical (unpaired) electrons. The van der Waals surface area contributed by atoms with Crippen molar-refractivity contribution in [1.29, 1.82) is 0 Å². The molecule has 1 N–H and O–H groups in total. The molecule has 3 rings (SSSR count). The zero-order chi connectivity index (χ0) is 13.2. The Bertz CT molecular complexity index is 700. The fourth-order valence-electron chi connectivity index (χ4n) is 2.87. The molecule has 0 fully saturated rings. The van der Waals surface area contributed by atoms with E-state index in [0.29, 0.717) is 12.5 Å². The van der Waals surface area contributed by atoms with E-state index < -0.39 is 0 Å². The van der Waals surface area contributed by atoms with Gasteiger partial charge in [-0.2, -0.15) is 0 Å². The van der Waals surface area contributed by atoms with Gasteiger partial charge in [0.2, 0.25) is 0 Å². The van der Waals surface area contributed by atoms with E-state index in [2.05, 4.69) is 23.2 Å². The Morgan fingerprint density at radius 1 is 1.21 bits per heavy atom. The summed E-state index contributed by atoms with van der Waals surface area (Å²) in [4.78, 5) is 25.1. The number of H-pyrrole nitrogens is 1. The van der Waals surface area contributed by atoms with Crippen LogP contribution in [0.1, 0.15) is 29.9 Å². The van der Waals surface area contributed by atoms with Crippen LogP contribution in [0.4, 0.5) is 0 Å². The quantitative estimate of drug-likeness (QED) is 0.888. The van der Waals surface area contributed by atoms with Gasteiger partial charge in [-0.05, 0) is 30.4 Å². The van der Waals surface area contributed by atoms with Gasteiger partial charge in [0, 0.05) is 24.7 Å². The normalized spacial score (nSPS) is 18.0. The van der Waals surface area contributed by atoms with Crippen molar-refractivity contribution in [1.82, 2.24) is 9.55 Å². The van der Waals surface area contributed by atoms with E-state index in [-0.39, 0.29) is 11.2 Å². The van der Waals surface area contributed by atoms with Crippen LogP contribution in [0.15, 0.2) is 46.1 Å². The first-order valence-electron chi connectivity index (χ1n) is 6.61. The Morgan fingerprint density at radius 2 is 2.05 bits per heavy atom. The molecule has 1 aliphatic carbocycles. The van der Waals surface area contributed by atoms with E-state index >= 15 is 0 Å². The molecule has 0 aliphatic heterocycles. The Hall–Kier alpha value is -2.10. The summed E-state index contributed by atoms with van der Waals surface area (Å²) in [6, 6.07) is 9.82. The number of nitrogens with zero attached hydrogens (tertiary/aromatic N) is 1. The highest BCUT2D eigenvalue weighted by atomic mass is 16.2. The molecule has 4 heteroatoms. The highest BCUT2D eigenvalue weighted by molar-refractivity contribution is 5.32. The molecule has 0 spiro atoms. The third kappa shape index (κ3) is 2.38. The number of rotatable bonds is 2. The monoisotopic (exact) mass is 256 g/mol. The fourth-order valence-corrected chi connectivity index (χ4v) is 2.87. The van der Waals surface area contributed by atoms with E-state index in [1.54, 1.807) is 10.8 Å². The van der Waals surface area contributed by atoms with Crippen LogP contribution in [-0.4, -0.2) is 9.55 Å². The summed E-state index contributed by atoms with van der Waals surface area (Å²) in [5.74, 6) is 0.355. The maximum absolute atomic E-state index is 11.7. The lowest BCUT2D eigenvalue weighted by Crippen LogP contribution is -2.31. The minimum Gasteiger partial charge on any atom is -0.300 e. The van der Waals surface area contributed by atoms with E-state index in [4.69, 9.17) is 0 Å². The minimum atomic E-state index is -0.342. The van der Waals surface area contributed by atoms with Crippen molar-refractivity contribution in [2.24, 2.45) is 0 Å². The fraction of sp³-hybridized carbons (Fsp3) is 0.333. The van der Waals surface area contributed by atoms with Gasteiger partial charge in [-0.25, -0.2) is 4.79 Å². The molecule has 1 unspecified atom stereocenters. The molecule has 1 heterocycles. The zero-order valence-corrected chi connectivity index (χ0v) is 10.6. The average molecular weight is 256 g/mol. The van der Waals surface area contributed by atoms with Gasteiger partial charge in [-0.1, -0.05) is 24.3 Å². The van der Waals surface area contributed by atoms with Crippen molar-refractivity contribution < 1.29 is 0 Å². The van der Waals surface area contributed by atoms with Gasteiger partial charge < -0.3 is 0 Å². The van der Waals surface area contributed by atoms with Gasteiger partial charge in [0.25, 0.3) is 5.56 Å². The number of aryl methyl sites for hydroxylation is 1. The highest BCUT2D eigenvalue weighted by Crippen LogP contribution is 2.32. The molecule has 1 aliphatic rings. The number of aromatic nitrogens is 2. The molecule has 0 amide bonds. The van der Waals surface area contributed by atoms with Crippen LogP contribution >= 0.6 is 0 Å². The molecule has 0 bridgehead atoms. The third-order valence-electron chi connectivity index (χ3n) is 3.81. The number of hydrogen-bond acceptors (Lipinski definition) is 2. The lowest BCUT2D eigenvalue weighted by molar-refractivity contribution is 0.470. The number of hydrogen-bond donors (Lipinski definition) is 1. The van der Waals surface area contributed by atoms with Crippen molar-refractivity contribution in [2.45, 2.75) is 31.7 Å². The summed E-state index contributed by atoms with van der Waals surface area (Å²) in [7, 11) is 0. The summed E-state index contributed by atoms with van der Waals surface area (Å²) in [6.45, 7) is 0.632. The highest BCUT2D eigenvalue weighted by Gasteiger charge is 2.20. The maximum atomic E-state index is 11.7. The molecular formula is C15H16N2O2. The Balaban J connectivity index is 1.93. The predicted octanol–water partition coefficient (Wildman–Crippen LogP) is 1.66. The number of nitrogens with one attached hydrogen (secondary N) is 1. The minimum absolute atomic E-state index is 0.324. The summed E-state index contributed by atoms with van der Waals surface area (Å²) >= 11 is 0. The van der Waals surface area contributed by atoms with Crippen molar-refractivity contribution in [3.8, 4) is 0 Å². The van der Waals surface area contributed by atoms with Crippen molar-refractivity contribution in [3.63, 3.8) is 0 Å². The topological polar surface area (TPSA) is 54.9 Å². The van der Waals surface area contributed by atoms with Crippen LogP contribution < -0.4 is 11.2 Å². The lowest BCUT2D eigenvalue weighted by atomic mass is 9.83. The molecule has 2 aromatic rings. The molecule has 1 aromatic heterocycles. The van der Waals surface area contributed by atoms with Gasteiger partial charge in [0.1, 0.15) is 0 Å². The largest absolute Gasteiger partial charge is 0.328 e. The Morgan fingerprint density at radius 3 is 2.89 bits per heavy atom. The molecule has 1 atom stereocenters. The molecule has 98 valence electrons. The average Bonchev–Trinajstić information content (AvgIpc) is 2.42. The van der Waals surface area contributed by atoms with Gasteiger partial charge in [0.15, 0.2) is 0 Å². The van der Waals surface area contributed by atoms with Crippen LogP contribution in [0.3, 0.4) is 0 Å². The van der Waals surface area contributed by atoms with Crippen LogP contribution in [0.5, 0.6) is 0 Å². The second-order valence-electron chi connectivity index (χ2n) is 5.05. The van der Waals surface area contributed by atoms with E-state index in [9.17, 15) is 9.59 Å². The number of fused-ring (bicyclic) bond motifs is 1. The summed E-state index contributed by atoms with van der Waals surface area (Å²) < 4.78 is 1.59. The molecule has 1 aromatic carbocycles. The molecule has 19 heavy (non-hydrogen) atoms. The maximum Gasteiger partial charge on any atom is 0.328 e. The van der Waals surface area contributed by atoms with Crippen LogP contribution in [-0.2, 0) is 13.0 Å². The first-order valence-corrected chi connectivity index (χ1v) is 6.61. The smallest absolute Gasteiger partial charge is 0.300 e. The summed E-state index contributed by atoms with van der Waals surface area (Å²) in [5.41, 5.74) is 2.06. The third-order valence-corrected chi connectivity index (χ3v) is 3.81. The van der Waals surface area contributed by atoms with E-state index in [0.717, 1.165) is 19.3 Å². The Labute approximate surface area is 110 Å². The van der Waals surface area contributed by atoms with E-state index in [1.807, 2.05) is 6.07 Å². The summed E-state index contributed by atoms with van der Waals surface area (Å²) in [6.07, 6.45) is 4.94. The van der Waals surface area contributed by atoms with Crippen molar-refractivity contribution >= 4 is 0 Å². The van der Waals surface area contributed by atoms with Crippen LogP contribution in [0, 0.1) is 0 Å². The number of aromatic amines is 1. The predicted molar refractivity (Wildman–Crippen MR) is 73.4 cm³/mol. The molecule has 0 saturated carbocycles. The Kier molecular flexibility index (Phi) is 3.07. The zero-order valence-electron chi connectivity index (χ0n) is 10.6. The lowest BCUT2D eigenvalue weighted by Gasteiger charge is -2.25. The number of benzene rings is 1. The van der Waals surface area contributed by atoms with Gasteiger partial charge in [-0.15, -0.1) is 0 Å². The van der Waals surface area contributed by atoms with Gasteiger partial charge in [0.05, 0.1) is 0 Å². The summed E-state index contributed by atoms with van der Waals surface area (Å²) in [5, 5.41) is 0. The van der Waals surface area contributed by atoms with Crippen LogP contribution in [0.2, 0.25) is 0 Å². The second-order valence-corrected chi connectivity index (χ2v) is 5.05. The SMILES string of the molecule is O=c1ccn(CC2CCCc3ccccc32)c(=O)[nH]1. The first-order chi connectivity index (χ1) is 9.24. The standard InChI is InChI=1S/C15H16N2O2/c18-14-8-9-17(15(19)16-14)10-12-6-3-5-11-4-1-2-7-13(11)12/h1-2,4,7-9,12H,3,5-6,10H2,(H,16,18,19). The molecule has 0 saturated heterocycles. The molecule has 4 nitrogen and oxygen atoms in total. The van der Waals surface area contributed by atoms with Gasteiger partial charge >= 0.3 is 5.69 Å². The van der Waals surface area contributed by atoms with Crippen molar-refractivity contribution in [3.05, 3.63) is 68.5 Å². The second kappa shape index (κ2) is 4.88. The van der Waals surface area contributed by atoms with E-state index in [1.165, 1.54) is 17.2 Å². The van der Waals surface area contributed by atoms with Gasteiger partial charge in [-0.3, -0.25) is 14.3 Å². The molecular weight excluding hydrogens is 240 g/mol. The van der Waals surface area contributed by atoms with Crippen molar-refractivity contribution in [2.75, 3.05) is 0 Å². The first kappa shape index (κ1) is 12.0. The van der Waals surface area contributed by atoms with Crippen LogP contribution in [0.25, 0.3) is 0 Å².